The molecule has 4 rings (SSSR count). The molecule has 0 aliphatic heterocycles. The van der Waals surface area contributed by atoms with Crippen molar-refractivity contribution < 1.29 is 18.3 Å². The third-order valence-electron chi connectivity index (χ3n) is 4.77. The minimum atomic E-state index is -0.401. The summed E-state index contributed by atoms with van der Waals surface area (Å²) in [5.74, 6) is 1.07. The molecule has 6 nitrogen and oxygen atoms in total. The van der Waals surface area contributed by atoms with E-state index >= 15 is 0 Å². The Kier molecular flexibility index (Phi) is 5.33. The SMILES string of the molecule is Cc1ccc(NC(=O)c2cc(Oc3ccc(N(C)C)c(F)c3)c3cc(C)oc3c2)nc1. The number of hydrogen-bond donors (Lipinski definition) is 1. The van der Waals surface area contributed by atoms with Gasteiger partial charge in [0.05, 0.1) is 11.1 Å². The van der Waals surface area contributed by atoms with E-state index in [1.165, 1.54) is 6.07 Å². The molecule has 1 amide bonds. The van der Waals surface area contributed by atoms with Gasteiger partial charge >= 0.3 is 0 Å². The summed E-state index contributed by atoms with van der Waals surface area (Å²) in [5.41, 5.74) is 2.29. The highest BCUT2D eigenvalue weighted by Crippen LogP contribution is 2.35. The smallest absolute Gasteiger partial charge is 0.257 e. The highest BCUT2D eigenvalue weighted by atomic mass is 19.1. The molecule has 0 bridgehead atoms. The maximum absolute atomic E-state index is 14.4. The first-order chi connectivity index (χ1) is 14.8. The van der Waals surface area contributed by atoms with Crippen LogP contribution in [-0.2, 0) is 0 Å². The summed E-state index contributed by atoms with van der Waals surface area (Å²) in [6.07, 6.45) is 1.68. The number of halogens is 1. The van der Waals surface area contributed by atoms with Gasteiger partial charge in [-0.05, 0) is 55.8 Å². The van der Waals surface area contributed by atoms with Crippen LogP contribution in [0.5, 0.6) is 11.5 Å². The number of hydrogen-bond acceptors (Lipinski definition) is 5. The number of nitrogens with one attached hydrogen (secondary N) is 1. The normalized spacial score (nSPS) is 10.9. The number of benzene rings is 2. The lowest BCUT2D eigenvalue weighted by molar-refractivity contribution is 0.102. The van der Waals surface area contributed by atoms with Crippen LogP contribution in [-0.4, -0.2) is 25.0 Å². The van der Waals surface area contributed by atoms with Gasteiger partial charge in [-0.15, -0.1) is 0 Å². The largest absolute Gasteiger partial charge is 0.461 e. The van der Waals surface area contributed by atoms with Crippen LogP contribution in [0.2, 0.25) is 0 Å². The molecule has 0 fully saturated rings. The second-order valence-corrected chi connectivity index (χ2v) is 7.53. The predicted octanol–water partition coefficient (Wildman–Crippen LogP) is 5.69. The number of carbonyl (C=O) groups is 1. The highest BCUT2D eigenvalue weighted by Gasteiger charge is 2.16. The van der Waals surface area contributed by atoms with Crippen LogP contribution in [0, 0.1) is 19.7 Å². The quantitative estimate of drug-likeness (QED) is 0.450. The second-order valence-electron chi connectivity index (χ2n) is 7.53. The number of carbonyl (C=O) groups excluding carboxylic acids is 1. The number of anilines is 2. The molecular formula is C24H22FN3O3. The molecular weight excluding hydrogens is 397 g/mol. The van der Waals surface area contributed by atoms with Gasteiger partial charge in [0.25, 0.3) is 5.91 Å². The van der Waals surface area contributed by atoms with Crippen molar-refractivity contribution in [3.8, 4) is 11.5 Å². The maximum atomic E-state index is 14.4. The number of rotatable bonds is 5. The molecule has 0 radical (unpaired) electrons. The lowest BCUT2D eigenvalue weighted by Gasteiger charge is -2.15. The van der Waals surface area contributed by atoms with Crippen molar-refractivity contribution in [3.63, 3.8) is 0 Å². The number of nitrogens with zero attached hydrogens (tertiary/aromatic N) is 2. The summed E-state index contributed by atoms with van der Waals surface area (Å²) in [6, 6.07) is 13.3. The fourth-order valence-electron chi connectivity index (χ4n) is 3.22. The van der Waals surface area contributed by atoms with E-state index in [1.807, 2.05) is 26.0 Å². The molecule has 31 heavy (non-hydrogen) atoms. The van der Waals surface area contributed by atoms with Gasteiger partial charge in [0.2, 0.25) is 0 Å². The third-order valence-corrected chi connectivity index (χ3v) is 4.77. The molecule has 0 spiro atoms. The minimum Gasteiger partial charge on any atom is -0.461 e. The Bertz CT molecular complexity index is 1260. The van der Waals surface area contributed by atoms with Crippen molar-refractivity contribution in [3.05, 3.63) is 77.4 Å². The Morgan fingerprint density at radius 1 is 1.10 bits per heavy atom. The first-order valence-electron chi connectivity index (χ1n) is 9.73. The Labute approximate surface area is 179 Å². The number of aromatic nitrogens is 1. The fraction of sp³-hybridized carbons (Fsp3) is 0.167. The van der Waals surface area contributed by atoms with Gasteiger partial charge in [-0.2, -0.15) is 0 Å². The summed E-state index contributed by atoms with van der Waals surface area (Å²) in [5, 5.41) is 3.46. The molecule has 0 saturated carbocycles. The zero-order valence-corrected chi connectivity index (χ0v) is 17.7. The number of aryl methyl sites for hydroxylation is 2. The first kappa shape index (κ1) is 20.4. The van der Waals surface area contributed by atoms with Gasteiger partial charge < -0.3 is 19.4 Å². The first-order valence-corrected chi connectivity index (χ1v) is 9.73. The Morgan fingerprint density at radius 2 is 1.90 bits per heavy atom. The Hall–Kier alpha value is -3.87. The summed E-state index contributed by atoms with van der Waals surface area (Å²) in [6.45, 7) is 3.73. The van der Waals surface area contributed by atoms with Crippen molar-refractivity contribution in [2.75, 3.05) is 24.3 Å². The van der Waals surface area contributed by atoms with Crippen LogP contribution in [0.3, 0.4) is 0 Å². The summed E-state index contributed by atoms with van der Waals surface area (Å²) >= 11 is 0. The summed E-state index contributed by atoms with van der Waals surface area (Å²) < 4.78 is 26.1. The average Bonchev–Trinajstić information content (AvgIpc) is 3.10. The van der Waals surface area contributed by atoms with Crippen LogP contribution in [0.15, 0.2) is 59.1 Å². The van der Waals surface area contributed by atoms with Crippen LogP contribution < -0.4 is 15.0 Å². The number of pyridine rings is 1. The van der Waals surface area contributed by atoms with Gasteiger partial charge in [-0.3, -0.25) is 4.79 Å². The monoisotopic (exact) mass is 419 g/mol. The van der Waals surface area contributed by atoms with E-state index in [0.29, 0.717) is 45.3 Å². The molecule has 2 aromatic heterocycles. The Balaban J connectivity index is 1.68. The van der Waals surface area contributed by atoms with E-state index in [-0.39, 0.29) is 5.91 Å². The van der Waals surface area contributed by atoms with Crippen LogP contribution in [0.4, 0.5) is 15.9 Å². The standard InChI is InChI=1S/C24H22FN3O3/c1-14-5-8-23(26-13-14)27-24(29)16-10-21-18(9-15(2)30-21)22(11-16)31-17-6-7-20(28(3)4)19(25)12-17/h5-13H,1-4H3,(H,26,27,29). The van der Waals surface area contributed by atoms with Crippen molar-refractivity contribution in [2.24, 2.45) is 0 Å². The molecule has 1 N–H and O–H groups in total. The van der Waals surface area contributed by atoms with Gasteiger partial charge in [-0.1, -0.05) is 6.07 Å². The number of fused-ring (bicyclic) bond motifs is 1. The topological polar surface area (TPSA) is 67.6 Å². The van der Waals surface area contributed by atoms with Crippen molar-refractivity contribution in [2.45, 2.75) is 13.8 Å². The van der Waals surface area contributed by atoms with E-state index in [0.717, 1.165) is 5.56 Å². The number of furan rings is 1. The molecule has 7 heteroatoms. The van der Waals surface area contributed by atoms with E-state index in [9.17, 15) is 9.18 Å². The Morgan fingerprint density at radius 3 is 2.58 bits per heavy atom. The molecule has 4 aromatic rings. The average molecular weight is 419 g/mol. The summed E-state index contributed by atoms with van der Waals surface area (Å²) in [4.78, 5) is 18.7. The van der Waals surface area contributed by atoms with Crippen molar-refractivity contribution in [1.82, 2.24) is 4.98 Å². The van der Waals surface area contributed by atoms with Gasteiger partial charge in [0, 0.05) is 31.9 Å². The maximum Gasteiger partial charge on any atom is 0.257 e. The third kappa shape index (κ3) is 4.35. The van der Waals surface area contributed by atoms with E-state index < -0.39 is 5.82 Å². The van der Waals surface area contributed by atoms with Crippen LogP contribution in [0.25, 0.3) is 11.0 Å². The van der Waals surface area contributed by atoms with Crippen molar-refractivity contribution >= 4 is 28.4 Å². The lowest BCUT2D eigenvalue weighted by atomic mass is 10.1. The zero-order chi connectivity index (χ0) is 22.1. The molecule has 0 unspecified atom stereocenters. The van der Waals surface area contributed by atoms with Crippen molar-refractivity contribution in [1.29, 1.82) is 0 Å². The lowest BCUT2D eigenvalue weighted by Crippen LogP contribution is -2.13. The molecule has 2 aromatic carbocycles. The van der Waals surface area contributed by atoms with Crippen LogP contribution in [0.1, 0.15) is 21.7 Å². The zero-order valence-electron chi connectivity index (χ0n) is 17.7. The predicted molar refractivity (Wildman–Crippen MR) is 119 cm³/mol. The van der Waals surface area contributed by atoms with Gasteiger partial charge in [-0.25, -0.2) is 9.37 Å². The molecule has 158 valence electrons. The second kappa shape index (κ2) is 8.10. The van der Waals surface area contributed by atoms with Gasteiger partial charge in [0.1, 0.15) is 34.5 Å². The molecule has 0 aliphatic rings. The molecule has 0 aliphatic carbocycles. The number of ether oxygens (including phenoxy) is 1. The van der Waals surface area contributed by atoms with E-state index in [4.69, 9.17) is 9.15 Å². The van der Waals surface area contributed by atoms with E-state index in [2.05, 4.69) is 10.3 Å². The molecule has 2 heterocycles. The minimum absolute atomic E-state index is 0.320. The van der Waals surface area contributed by atoms with Crippen LogP contribution >= 0.6 is 0 Å². The molecule has 0 saturated heterocycles. The van der Waals surface area contributed by atoms with Gasteiger partial charge in [0.15, 0.2) is 0 Å². The number of amides is 1. The van der Waals surface area contributed by atoms with E-state index in [1.54, 1.807) is 55.5 Å². The summed E-state index contributed by atoms with van der Waals surface area (Å²) in [7, 11) is 3.53. The highest BCUT2D eigenvalue weighted by molar-refractivity contribution is 6.06. The molecule has 0 atom stereocenters. The fourth-order valence-corrected chi connectivity index (χ4v) is 3.22.